The summed E-state index contributed by atoms with van der Waals surface area (Å²) in [5.41, 5.74) is -0.996. The van der Waals surface area contributed by atoms with Gasteiger partial charge in [-0.15, -0.1) is 11.3 Å². The number of carbonyl (C=O) groups is 1. The number of hydrogen-bond donors (Lipinski definition) is 1. The molecule has 1 aromatic rings. The number of sulfonamides is 1. The summed E-state index contributed by atoms with van der Waals surface area (Å²) in [5, 5.41) is 9.68. The molecule has 1 N–H and O–H groups in total. The zero-order chi connectivity index (χ0) is 16.1. The Morgan fingerprint density at radius 1 is 1.45 bits per heavy atom. The van der Waals surface area contributed by atoms with E-state index in [-0.39, 0.29) is 19.0 Å². The van der Waals surface area contributed by atoms with Gasteiger partial charge in [0.05, 0.1) is 16.0 Å². The second-order valence-electron chi connectivity index (χ2n) is 6.09. The first-order chi connectivity index (χ1) is 10.2. The summed E-state index contributed by atoms with van der Waals surface area (Å²) in [6.07, 6.45) is 1.13. The van der Waals surface area contributed by atoms with E-state index in [0.717, 1.165) is 11.1 Å². The molecule has 0 spiro atoms. The summed E-state index contributed by atoms with van der Waals surface area (Å²) in [6.45, 7) is 1.96. The van der Waals surface area contributed by atoms with Crippen molar-refractivity contribution in [2.45, 2.75) is 6.54 Å². The molecule has 3 rings (SSSR count). The van der Waals surface area contributed by atoms with Gasteiger partial charge in [0.25, 0.3) is 0 Å². The Morgan fingerprint density at radius 2 is 2.18 bits per heavy atom. The van der Waals surface area contributed by atoms with Crippen LogP contribution in [0.4, 0.5) is 0 Å². The quantitative estimate of drug-likeness (QED) is 0.868. The molecule has 6 nitrogen and oxygen atoms in total. The molecule has 0 bridgehead atoms. The smallest absolute Gasteiger partial charge is 0.312 e. The summed E-state index contributed by atoms with van der Waals surface area (Å²) in [7, 11) is -3.35. The number of halogens is 1. The normalized spacial score (nSPS) is 29.8. The van der Waals surface area contributed by atoms with Crippen LogP contribution in [-0.2, 0) is 21.4 Å². The second-order valence-corrected chi connectivity index (χ2v) is 9.87. The highest BCUT2D eigenvalue weighted by Crippen LogP contribution is 2.44. The van der Waals surface area contributed by atoms with Crippen molar-refractivity contribution in [2.75, 3.05) is 32.4 Å². The molecule has 0 radical (unpaired) electrons. The van der Waals surface area contributed by atoms with E-state index in [1.54, 1.807) is 0 Å². The molecule has 0 aliphatic carbocycles. The zero-order valence-corrected chi connectivity index (χ0v) is 14.4. The first kappa shape index (κ1) is 16.2. The molecule has 1 aromatic heterocycles. The summed E-state index contributed by atoms with van der Waals surface area (Å²) in [5.74, 6) is -1.08. The van der Waals surface area contributed by atoms with E-state index in [1.807, 2.05) is 12.1 Å². The van der Waals surface area contributed by atoms with Crippen LogP contribution in [0.3, 0.4) is 0 Å². The molecule has 122 valence electrons. The molecule has 0 saturated carbocycles. The van der Waals surface area contributed by atoms with Gasteiger partial charge in [0, 0.05) is 43.5 Å². The minimum absolute atomic E-state index is 0.0630. The number of likely N-dealkylation sites (tertiary alicyclic amines) is 1. The lowest BCUT2D eigenvalue weighted by molar-refractivity contribution is -0.148. The predicted molar refractivity (Wildman–Crippen MR) is 84.6 cm³/mol. The van der Waals surface area contributed by atoms with Gasteiger partial charge in [-0.3, -0.25) is 9.69 Å². The third-order valence-electron chi connectivity index (χ3n) is 4.55. The molecule has 9 heteroatoms. The van der Waals surface area contributed by atoms with E-state index < -0.39 is 21.4 Å². The molecule has 2 aliphatic rings. The van der Waals surface area contributed by atoms with Gasteiger partial charge in [0.1, 0.15) is 0 Å². The Hall–Kier alpha value is -0.670. The third kappa shape index (κ3) is 2.78. The van der Waals surface area contributed by atoms with E-state index in [0.29, 0.717) is 24.0 Å². The van der Waals surface area contributed by atoms with Crippen LogP contribution in [-0.4, -0.2) is 61.1 Å². The second kappa shape index (κ2) is 5.45. The maximum Gasteiger partial charge on any atom is 0.312 e. The van der Waals surface area contributed by atoms with Crippen LogP contribution in [0.5, 0.6) is 0 Å². The number of hydrogen-bond acceptors (Lipinski definition) is 5. The number of aliphatic carboxylic acids is 1. The average Bonchev–Trinajstić information content (AvgIpc) is 3.01. The van der Waals surface area contributed by atoms with Gasteiger partial charge in [-0.25, -0.2) is 12.7 Å². The Bertz CT molecular complexity index is 705. The van der Waals surface area contributed by atoms with Crippen molar-refractivity contribution in [1.29, 1.82) is 0 Å². The van der Waals surface area contributed by atoms with Crippen LogP contribution in [0.25, 0.3) is 0 Å². The molecule has 2 atom stereocenters. The maximum atomic E-state index is 11.8. The Balaban J connectivity index is 1.78. The van der Waals surface area contributed by atoms with E-state index >= 15 is 0 Å². The highest BCUT2D eigenvalue weighted by Gasteiger charge is 2.59. The van der Waals surface area contributed by atoms with Crippen LogP contribution in [0.2, 0.25) is 4.34 Å². The summed E-state index contributed by atoms with van der Waals surface area (Å²) in [4.78, 5) is 15.0. The minimum Gasteiger partial charge on any atom is -0.481 e. The first-order valence-electron chi connectivity index (χ1n) is 6.86. The van der Waals surface area contributed by atoms with Gasteiger partial charge < -0.3 is 5.11 Å². The molecule has 2 aliphatic heterocycles. The SMILES string of the molecule is CS(=O)(=O)N1C[C@@H]2CN(Cc3ccc(Cl)s3)C[C@]2(C(=O)O)C1. The molecule has 0 unspecified atom stereocenters. The van der Waals surface area contributed by atoms with Crippen molar-refractivity contribution in [1.82, 2.24) is 9.21 Å². The minimum atomic E-state index is -3.35. The van der Waals surface area contributed by atoms with E-state index in [1.165, 1.54) is 15.6 Å². The van der Waals surface area contributed by atoms with Crippen LogP contribution < -0.4 is 0 Å². The highest BCUT2D eigenvalue weighted by atomic mass is 35.5. The van der Waals surface area contributed by atoms with Crippen molar-refractivity contribution in [2.24, 2.45) is 11.3 Å². The summed E-state index contributed by atoms with van der Waals surface area (Å²) < 4.78 is 25.4. The fraction of sp³-hybridized carbons (Fsp3) is 0.615. The lowest BCUT2D eigenvalue weighted by atomic mass is 9.81. The lowest BCUT2D eigenvalue weighted by Crippen LogP contribution is -2.41. The van der Waals surface area contributed by atoms with Crippen LogP contribution in [0.1, 0.15) is 4.88 Å². The Labute approximate surface area is 138 Å². The molecule has 0 amide bonds. The molecule has 2 saturated heterocycles. The number of carboxylic acid groups (broad SMARTS) is 1. The number of rotatable bonds is 4. The van der Waals surface area contributed by atoms with Gasteiger partial charge in [0.15, 0.2) is 0 Å². The molecule has 0 aromatic carbocycles. The van der Waals surface area contributed by atoms with Crippen LogP contribution >= 0.6 is 22.9 Å². The fourth-order valence-corrected chi connectivity index (χ4v) is 5.50. The number of fused-ring (bicyclic) bond motifs is 1. The zero-order valence-electron chi connectivity index (χ0n) is 12.0. The van der Waals surface area contributed by atoms with Crippen molar-refractivity contribution >= 4 is 38.9 Å². The topological polar surface area (TPSA) is 77.9 Å². The molecular weight excluding hydrogens is 348 g/mol. The number of nitrogens with zero attached hydrogens (tertiary/aromatic N) is 2. The van der Waals surface area contributed by atoms with Crippen molar-refractivity contribution in [3.63, 3.8) is 0 Å². The molecule has 3 heterocycles. The standard InChI is InChI=1S/C13H17ClN2O4S2/c1-22(19,20)16-5-9-4-15(6-10-2-3-11(14)21-10)7-13(9,8-16)12(17)18/h2-3,9H,4-8H2,1H3,(H,17,18)/t9-,13-/m0/s1. The van der Waals surface area contributed by atoms with E-state index in [4.69, 9.17) is 11.6 Å². The predicted octanol–water partition coefficient (Wildman–Crippen LogP) is 1.18. The Kier molecular flexibility index (Phi) is 4.01. The molecular formula is C13H17ClN2O4S2. The maximum absolute atomic E-state index is 11.8. The van der Waals surface area contributed by atoms with Gasteiger partial charge in [-0.2, -0.15) is 0 Å². The van der Waals surface area contributed by atoms with E-state index in [9.17, 15) is 18.3 Å². The highest BCUT2D eigenvalue weighted by molar-refractivity contribution is 7.88. The molecule has 2 fully saturated rings. The summed E-state index contributed by atoms with van der Waals surface area (Å²) in [6, 6.07) is 3.77. The summed E-state index contributed by atoms with van der Waals surface area (Å²) >= 11 is 7.41. The van der Waals surface area contributed by atoms with Gasteiger partial charge in [0.2, 0.25) is 10.0 Å². The van der Waals surface area contributed by atoms with Crippen LogP contribution in [0, 0.1) is 11.3 Å². The average molecular weight is 365 g/mol. The Morgan fingerprint density at radius 3 is 2.68 bits per heavy atom. The van der Waals surface area contributed by atoms with Gasteiger partial charge in [-0.05, 0) is 12.1 Å². The largest absolute Gasteiger partial charge is 0.481 e. The van der Waals surface area contributed by atoms with E-state index in [2.05, 4.69) is 4.90 Å². The first-order valence-corrected chi connectivity index (χ1v) is 9.90. The van der Waals surface area contributed by atoms with Crippen molar-refractivity contribution in [3.8, 4) is 0 Å². The number of carboxylic acids is 1. The molecule has 22 heavy (non-hydrogen) atoms. The lowest BCUT2D eigenvalue weighted by Gasteiger charge is -2.24. The fourth-order valence-electron chi connectivity index (χ4n) is 3.46. The monoisotopic (exact) mass is 364 g/mol. The van der Waals surface area contributed by atoms with Crippen LogP contribution in [0.15, 0.2) is 12.1 Å². The third-order valence-corrected chi connectivity index (χ3v) is 6.98. The van der Waals surface area contributed by atoms with Crippen molar-refractivity contribution in [3.05, 3.63) is 21.3 Å². The number of thiophene rings is 1. The van der Waals surface area contributed by atoms with Crippen molar-refractivity contribution < 1.29 is 18.3 Å². The van der Waals surface area contributed by atoms with Gasteiger partial charge >= 0.3 is 5.97 Å². The van der Waals surface area contributed by atoms with Gasteiger partial charge in [-0.1, -0.05) is 11.6 Å².